The number of nitrogens with one attached hydrogen (secondary N) is 1. The van der Waals surface area contributed by atoms with Crippen molar-refractivity contribution >= 4 is 22.6 Å². The highest BCUT2D eigenvalue weighted by Crippen LogP contribution is 2.32. The smallest absolute Gasteiger partial charge is 0.416 e. The SMILES string of the molecule is COC(C)C(NC(=O)c1ccc2ccccc2c1OCc1ccc(C(F)(F)F)cc1)C(=O)O. The summed E-state index contributed by atoms with van der Waals surface area (Å²) in [5.41, 5.74) is -0.211. The molecule has 2 atom stereocenters. The van der Waals surface area contributed by atoms with Crippen LogP contribution >= 0.6 is 0 Å². The van der Waals surface area contributed by atoms with E-state index in [4.69, 9.17) is 9.47 Å². The number of methoxy groups -OCH3 is 1. The second-order valence-electron chi connectivity index (χ2n) is 7.38. The first kappa shape index (κ1) is 24.1. The largest absolute Gasteiger partial charge is 0.487 e. The van der Waals surface area contributed by atoms with Crippen LogP contribution in [-0.4, -0.2) is 36.2 Å². The molecule has 2 unspecified atom stereocenters. The summed E-state index contributed by atoms with van der Waals surface area (Å²) in [5.74, 6) is -1.75. The number of rotatable bonds is 8. The molecule has 9 heteroatoms. The molecule has 0 aliphatic carbocycles. The first-order valence-electron chi connectivity index (χ1n) is 9.99. The van der Waals surface area contributed by atoms with Gasteiger partial charge < -0.3 is 19.9 Å². The zero-order valence-corrected chi connectivity index (χ0v) is 17.8. The van der Waals surface area contributed by atoms with Crippen molar-refractivity contribution in [1.82, 2.24) is 5.32 Å². The number of carbonyl (C=O) groups excluding carboxylic acids is 1. The molecule has 0 saturated heterocycles. The summed E-state index contributed by atoms with van der Waals surface area (Å²) in [6.45, 7) is 1.42. The Morgan fingerprint density at radius 2 is 1.70 bits per heavy atom. The molecule has 1 amide bonds. The first-order valence-corrected chi connectivity index (χ1v) is 9.99. The van der Waals surface area contributed by atoms with Crippen molar-refractivity contribution in [3.8, 4) is 5.75 Å². The summed E-state index contributed by atoms with van der Waals surface area (Å²) in [6, 6.07) is 13.5. The number of ether oxygens (including phenoxy) is 2. The number of fused-ring (bicyclic) bond motifs is 1. The summed E-state index contributed by atoms with van der Waals surface area (Å²) in [5, 5.41) is 13.3. The number of alkyl halides is 3. The molecule has 0 heterocycles. The Balaban J connectivity index is 1.92. The lowest BCUT2D eigenvalue weighted by Crippen LogP contribution is -2.48. The summed E-state index contributed by atoms with van der Waals surface area (Å²) in [7, 11) is 1.33. The van der Waals surface area contributed by atoms with Crippen LogP contribution in [0.5, 0.6) is 5.75 Å². The molecule has 0 spiro atoms. The number of aliphatic carboxylic acids is 1. The monoisotopic (exact) mass is 461 g/mol. The molecule has 3 aromatic rings. The van der Waals surface area contributed by atoms with E-state index in [9.17, 15) is 27.9 Å². The van der Waals surface area contributed by atoms with Crippen molar-refractivity contribution in [1.29, 1.82) is 0 Å². The lowest BCUT2D eigenvalue weighted by molar-refractivity contribution is -0.142. The van der Waals surface area contributed by atoms with E-state index < -0.39 is 35.8 Å². The van der Waals surface area contributed by atoms with Crippen LogP contribution in [0.1, 0.15) is 28.4 Å². The number of amides is 1. The van der Waals surface area contributed by atoms with Gasteiger partial charge in [-0.3, -0.25) is 4.79 Å². The molecule has 6 nitrogen and oxygen atoms in total. The zero-order valence-electron chi connectivity index (χ0n) is 17.8. The molecular formula is C24H22F3NO5. The maximum atomic E-state index is 13.0. The van der Waals surface area contributed by atoms with Crippen LogP contribution in [0.15, 0.2) is 60.7 Å². The van der Waals surface area contributed by atoms with Gasteiger partial charge in [0.05, 0.1) is 17.2 Å². The second kappa shape index (κ2) is 9.91. The zero-order chi connectivity index (χ0) is 24.2. The molecule has 3 rings (SSSR count). The molecule has 0 fully saturated rings. The quantitative estimate of drug-likeness (QED) is 0.510. The van der Waals surface area contributed by atoms with Gasteiger partial charge in [0.2, 0.25) is 0 Å². The van der Waals surface area contributed by atoms with Gasteiger partial charge in [0, 0.05) is 12.5 Å². The van der Waals surface area contributed by atoms with E-state index in [-0.39, 0.29) is 17.9 Å². The summed E-state index contributed by atoms with van der Waals surface area (Å²) in [6.07, 6.45) is -5.23. The van der Waals surface area contributed by atoms with Crippen LogP contribution in [0.4, 0.5) is 13.2 Å². The van der Waals surface area contributed by atoms with Crippen molar-refractivity contribution in [3.63, 3.8) is 0 Å². The molecule has 0 aliphatic rings. The van der Waals surface area contributed by atoms with Crippen LogP contribution in [0, 0.1) is 0 Å². The highest BCUT2D eigenvalue weighted by molar-refractivity contribution is 6.04. The van der Waals surface area contributed by atoms with E-state index in [0.29, 0.717) is 10.9 Å². The van der Waals surface area contributed by atoms with Crippen molar-refractivity contribution in [2.24, 2.45) is 0 Å². The van der Waals surface area contributed by atoms with Gasteiger partial charge in [0.25, 0.3) is 5.91 Å². The van der Waals surface area contributed by atoms with Crippen molar-refractivity contribution in [2.75, 3.05) is 7.11 Å². The minimum absolute atomic E-state index is 0.0927. The fraction of sp³-hybridized carbons (Fsp3) is 0.250. The summed E-state index contributed by atoms with van der Waals surface area (Å²) < 4.78 is 49.3. The van der Waals surface area contributed by atoms with Gasteiger partial charge in [-0.25, -0.2) is 4.79 Å². The van der Waals surface area contributed by atoms with E-state index >= 15 is 0 Å². The van der Waals surface area contributed by atoms with Crippen LogP contribution in [0.2, 0.25) is 0 Å². The molecule has 0 aliphatic heterocycles. The lowest BCUT2D eigenvalue weighted by Gasteiger charge is -2.21. The van der Waals surface area contributed by atoms with E-state index in [1.807, 2.05) is 12.1 Å². The Labute approximate surface area is 187 Å². The van der Waals surface area contributed by atoms with Gasteiger partial charge in [-0.15, -0.1) is 0 Å². The van der Waals surface area contributed by atoms with Crippen LogP contribution < -0.4 is 10.1 Å². The van der Waals surface area contributed by atoms with Crippen molar-refractivity contribution < 1.29 is 37.3 Å². The van der Waals surface area contributed by atoms with E-state index in [2.05, 4.69) is 5.32 Å². The van der Waals surface area contributed by atoms with Gasteiger partial charge in [-0.2, -0.15) is 13.2 Å². The van der Waals surface area contributed by atoms with E-state index in [0.717, 1.165) is 17.5 Å². The molecule has 0 aromatic heterocycles. The number of carbonyl (C=O) groups is 2. The third kappa shape index (κ3) is 5.61. The molecular weight excluding hydrogens is 439 g/mol. The molecule has 33 heavy (non-hydrogen) atoms. The molecule has 2 N–H and O–H groups in total. The molecule has 174 valence electrons. The number of carboxylic acid groups (broad SMARTS) is 1. The predicted octanol–water partition coefficient (Wildman–Crippen LogP) is 4.66. The standard InChI is InChI=1S/C24H22F3NO5/c1-14(32-2)20(23(30)31)28-22(29)19-12-9-16-5-3-4-6-18(16)21(19)33-13-15-7-10-17(11-8-15)24(25,26)27/h3-12,14,20H,13H2,1-2H3,(H,28,29)(H,30,31). The average molecular weight is 461 g/mol. The van der Waals surface area contributed by atoms with E-state index in [1.165, 1.54) is 32.2 Å². The van der Waals surface area contributed by atoms with Gasteiger partial charge in [-0.05, 0) is 36.1 Å². The average Bonchev–Trinajstić information content (AvgIpc) is 2.79. The Morgan fingerprint density at radius 1 is 1.03 bits per heavy atom. The third-order valence-electron chi connectivity index (χ3n) is 5.18. The third-order valence-corrected chi connectivity index (χ3v) is 5.18. The van der Waals surface area contributed by atoms with Gasteiger partial charge >= 0.3 is 12.1 Å². The van der Waals surface area contributed by atoms with Crippen LogP contribution in [0.3, 0.4) is 0 Å². The minimum Gasteiger partial charge on any atom is -0.487 e. The number of benzene rings is 3. The Morgan fingerprint density at radius 3 is 2.30 bits per heavy atom. The summed E-state index contributed by atoms with van der Waals surface area (Å²) >= 11 is 0. The normalized spacial score (nSPS) is 13.4. The summed E-state index contributed by atoms with van der Waals surface area (Å²) in [4.78, 5) is 24.5. The second-order valence-corrected chi connectivity index (χ2v) is 7.38. The maximum absolute atomic E-state index is 13.0. The van der Waals surface area contributed by atoms with Gasteiger partial charge in [0.15, 0.2) is 6.04 Å². The maximum Gasteiger partial charge on any atom is 0.416 e. The number of halogens is 3. The van der Waals surface area contributed by atoms with Crippen LogP contribution in [-0.2, 0) is 22.3 Å². The Hall–Kier alpha value is -3.59. The molecule has 0 radical (unpaired) electrons. The van der Waals surface area contributed by atoms with Gasteiger partial charge in [-0.1, -0.05) is 42.5 Å². The topological polar surface area (TPSA) is 84.9 Å². The predicted molar refractivity (Wildman–Crippen MR) is 115 cm³/mol. The fourth-order valence-electron chi connectivity index (χ4n) is 3.26. The van der Waals surface area contributed by atoms with Crippen molar-refractivity contribution in [2.45, 2.75) is 31.9 Å². The lowest BCUT2D eigenvalue weighted by atomic mass is 10.0. The molecule has 0 bridgehead atoms. The number of hydrogen-bond acceptors (Lipinski definition) is 4. The molecule has 3 aromatic carbocycles. The highest BCUT2D eigenvalue weighted by atomic mass is 19.4. The number of carboxylic acids is 1. The fourth-order valence-corrected chi connectivity index (χ4v) is 3.26. The minimum atomic E-state index is -4.44. The Bertz CT molecular complexity index is 1150. The van der Waals surface area contributed by atoms with Crippen molar-refractivity contribution in [3.05, 3.63) is 77.4 Å². The highest BCUT2D eigenvalue weighted by Gasteiger charge is 2.30. The van der Waals surface area contributed by atoms with E-state index in [1.54, 1.807) is 18.2 Å². The van der Waals surface area contributed by atoms with Crippen LogP contribution in [0.25, 0.3) is 10.8 Å². The number of hydrogen-bond donors (Lipinski definition) is 2. The first-order chi connectivity index (χ1) is 15.6. The van der Waals surface area contributed by atoms with Gasteiger partial charge in [0.1, 0.15) is 12.4 Å². The molecule has 0 saturated carbocycles. The Kier molecular flexibility index (Phi) is 7.23.